The van der Waals surface area contributed by atoms with E-state index >= 15 is 0 Å². The van der Waals surface area contributed by atoms with Crippen molar-refractivity contribution in [2.24, 2.45) is 5.92 Å². The lowest BCUT2D eigenvalue weighted by Crippen LogP contribution is -2.35. The van der Waals surface area contributed by atoms with Crippen LogP contribution < -0.4 is 0 Å². The maximum atomic E-state index is 12.5. The van der Waals surface area contributed by atoms with Crippen LogP contribution in [0.1, 0.15) is 32.8 Å². The van der Waals surface area contributed by atoms with Crippen LogP contribution in [-0.4, -0.2) is 39.2 Å². The van der Waals surface area contributed by atoms with E-state index in [9.17, 15) is 4.79 Å². The second-order valence-electron chi connectivity index (χ2n) is 10.9. The fraction of sp³-hybridized carbons (Fsp3) is 0.323. The standard InChI is InChI=1S/C31H32N4O2/c1-21-6-8-24(9-7-21)29-28(23-10-12-25(32-5)13-11-23)26-15-17-34(27(26)18-33-29)19-22-14-16-35(20-22)30(36)37-31(2,3)4/h6-13,15,17-18,22H,14,16,19-20H2,1-4H3/t22-/m0/s1. The van der Waals surface area contributed by atoms with Crippen molar-refractivity contribution in [2.75, 3.05) is 13.1 Å². The normalized spacial score (nSPS) is 15.6. The first-order valence-electron chi connectivity index (χ1n) is 12.7. The van der Waals surface area contributed by atoms with Gasteiger partial charge in [0.05, 0.1) is 24.0 Å². The number of ether oxygens (including phenoxy) is 1. The Hall–Kier alpha value is -4.11. The fourth-order valence-corrected chi connectivity index (χ4v) is 4.99. The van der Waals surface area contributed by atoms with Gasteiger partial charge in [0, 0.05) is 42.3 Å². The van der Waals surface area contributed by atoms with Gasteiger partial charge < -0.3 is 14.2 Å². The van der Waals surface area contributed by atoms with Crippen molar-refractivity contribution in [1.29, 1.82) is 0 Å². The van der Waals surface area contributed by atoms with Crippen molar-refractivity contribution in [1.82, 2.24) is 14.5 Å². The van der Waals surface area contributed by atoms with Crippen LogP contribution in [0.4, 0.5) is 10.5 Å². The quantitative estimate of drug-likeness (QED) is 0.277. The van der Waals surface area contributed by atoms with Crippen LogP contribution in [0.3, 0.4) is 0 Å². The number of benzene rings is 2. The summed E-state index contributed by atoms with van der Waals surface area (Å²) in [5, 5.41) is 1.13. The molecule has 0 N–H and O–H groups in total. The van der Waals surface area contributed by atoms with Crippen LogP contribution in [0.15, 0.2) is 67.0 Å². The number of hydrogen-bond acceptors (Lipinski definition) is 3. The zero-order valence-electron chi connectivity index (χ0n) is 21.9. The van der Waals surface area contributed by atoms with Gasteiger partial charge in [-0.3, -0.25) is 4.98 Å². The molecular formula is C31H32N4O2. The highest BCUT2D eigenvalue weighted by molar-refractivity contribution is 6.01. The summed E-state index contributed by atoms with van der Waals surface area (Å²) in [5.74, 6) is 0.348. The molecule has 2 aromatic carbocycles. The summed E-state index contributed by atoms with van der Waals surface area (Å²) < 4.78 is 7.82. The number of fused-ring (bicyclic) bond motifs is 1. The number of amides is 1. The third-order valence-electron chi connectivity index (χ3n) is 6.83. The maximum absolute atomic E-state index is 12.5. The van der Waals surface area contributed by atoms with E-state index in [2.05, 4.69) is 52.9 Å². The Labute approximate surface area is 218 Å². The molecule has 0 aliphatic carbocycles. The third kappa shape index (κ3) is 5.22. The fourth-order valence-electron chi connectivity index (χ4n) is 4.99. The van der Waals surface area contributed by atoms with Gasteiger partial charge in [-0.05, 0) is 51.7 Å². The second-order valence-corrected chi connectivity index (χ2v) is 10.9. The van der Waals surface area contributed by atoms with Crippen LogP contribution in [-0.2, 0) is 11.3 Å². The second kappa shape index (κ2) is 9.74. The van der Waals surface area contributed by atoms with Crippen molar-refractivity contribution in [3.63, 3.8) is 0 Å². The highest BCUT2D eigenvalue weighted by atomic mass is 16.6. The largest absolute Gasteiger partial charge is 0.444 e. The number of carbonyl (C=O) groups excluding carboxylic acids is 1. The Kier molecular flexibility index (Phi) is 6.47. The number of likely N-dealkylation sites (tertiary alicyclic amines) is 1. The summed E-state index contributed by atoms with van der Waals surface area (Å²) in [6.45, 7) is 17.3. The van der Waals surface area contributed by atoms with Gasteiger partial charge in [0.25, 0.3) is 0 Å². The van der Waals surface area contributed by atoms with Crippen molar-refractivity contribution >= 4 is 22.7 Å². The summed E-state index contributed by atoms with van der Waals surface area (Å²) in [6.07, 6.45) is 4.79. The summed E-state index contributed by atoms with van der Waals surface area (Å²) >= 11 is 0. The van der Waals surface area contributed by atoms with Crippen LogP contribution in [0, 0.1) is 19.4 Å². The van der Waals surface area contributed by atoms with Gasteiger partial charge in [-0.2, -0.15) is 0 Å². The molecule has 1 aliphatic rings. The molecule has 37 heavy (non-hydrogen) atoms. The monoisotopic (exact) mass is 492 g/mol. The molecule has 188 valence electrons. The Bertz CT molecular complexity index is 1470. The molecule has 6 nitrogen and oxygen atoms in total. The Morgan fingerprint density at radius 3 is 2.46 bits per heavy atom. The number of nitrogens with zero attached hydrogens (tertiary/aromatic N) is 4. The number of carbonyl (C=O) groups is 1. The first-order valence-corrected chi connectivity index (χ1v) is 12.7. The lowest BCUT2D eigenvalue weighted by atomic mass is 9.95. The number of pyridine rings is 1. The average Bonchev–Trinajstić information content (AvgIpc) is 3.51. The van der Waals surface area contributed by atoms with Gasteiger partial charge in [-0.15, -0.1) is 0 Å². The molecule has 0 saturated carbocycles. The molecule has 1 saturated heterocycles. The van der Waals surface area contributed by atoms with Crippen molar-refractivity contribution in [2.45, 2.75) is 46.3 Å². The van der Waals surface area contributed by atoms with Crippen LogP contribution >= 0.6 is 0 Å². The number of rotatable bonds is 4. The summed E-state index contributed by atoms with van der Waals surface area (Å²) in [5.41, 5.74) is 6.50. The minimum Gasteiger partial charge on any atom is -0.444 e. The summed E-state index contributed by atoms with van der Waals surface area (Å²) in [6, 6.07) is 18.3. The van der Waals surface area contributed by atoms with Gasteiger partial charge in [-0.1, -0.05) is 54.1 Å². The molecule has 5 rings (SSSR count). The molecule has 1 amide bonds. The molecule has 1 aliphatic heterocycles. The zero-order valence-corrected chi connectivity index (χ0v) is 21.9. The summed E-state index contributed by atoms with van der Waals surface area (Å²) in [7, 11) is 0. The molecule has 2 aromatic heterocycles. The lowest BCUT2D eigenvalue weighted by molar-refractivity contribution is 0.0287. The zero-order chi connectivity index (χ0) is 26.2. The number of aromatic nitrogens is 2. The van der Waals surface area contributed by atoms with E-state index in [0.29, 0.717) is 24.7 Å². The number of aryl methyl sites for hydroxylation is 1. The Morgan fingerprint density at radius 2 is 1.78 bits per heavy atom. The highest BCUT2D eigenvalue weighted by Gasteiger charge is 2.30. The molecule has 3 heterocycles. The predicted molar refractivity (Wildman–Crippen MR) is 148 cm³/mol. The average molecular weight is 493 g/mol. The SMILES string of the molecule is [C-]#[N+]c1ccc(-c2c(-c3ccc(C)cc3)ncc3c2ccn3C[C@@H]2CCN(C(=O)OC(C)(C)C)C2)cc1. The van der Waals surface area contributed by atoms with E-state index in [1.165, 1.54) is 5.56 Å². The molecule has 0 unspecified atom stereocenters. The Morgan fingerprint density at radius 1 is 1.08 bits per heavy atom. The minimum absolute atomic E-state index is 0.234. The maximum Gasteiger partial charge on any atom is 0.410 e. The van der Waals surface area contributed by atoms with E-state index in [4.69, 9.17) is 16.3 Å². The molecule has 1 atom stereocenters. The smallest absolute Gasteiger partial charge is 0.410 e. The Balaban J connectivity index is 1.49. The van der Waals surface area contributed by atoms with Crippen LogP contribution in [0.5, 0.6) is 0 Å². The molecule has 0 radical (unpaired) electrons. The van der Waals surface area contributed by atoms with E-state index in [0.717, 1.165) is 46.3 Å². The first kappa shape index (κ1) is 24.6. The topological polar surface area (TPSA) is 51.7 Å². The van der Waals surface area contributed by atoms with E-state index in [-0.39, 0.29) is 6.09 Å². The van der Waals surface area contributed by atoms with E-state index in [1.54, 1.807) is 0 Å². The minimum atomic E-state index is -0.490. The molecule has 0 spiro atoms. The van der Waals surface area contributed by atoms with E-state index in [1.807, 2.05) is 56.1 Å². The molecule has 6 heteroatoms. The van der Waals surface area contributed by atoms with Gasteiger partial charge in [0.1, 0.15) is 5.60 Å². The lowest BCUT2D eigenvalue weighted by Gasteiger charge is -2.24. The predicted octanol–water partition coefficient (Wildman–Crippen LogP) is 7.49. The van der Waals surface area contributed by atoms with Crippen molar-refractivity contribution in [3.05, 3.63) is 84.0 Å². The van der Waals surface area contributed by atoms with Crippen LogP contribution in [0.2, 0.25) is 0 Å². The van der Waals surface area contributed by atoms with Gasteiger partial charge >= 0.3 is 6.09 Å². The van der Waals surface area contributed by atoms with Crippen molar-refractivity contribution in [3.8, 4) is 22.4 Å². The van der Waals surface area contributed by atoms with Crippen LogP contribution in [0.25, 0.3) is 38.1 Å². The summed E-state index contributed by atoms with van der Waals surface area (Å²) in [4.78, 5) is 22.9. The van der Waals surface area contributed by atoms with Crippen molar-refractivity contribution < 1.29 is 9.53 Å². The highest BCUT2D eigenvalue weighted by Crippen LogP contribution is 2.38. The number of hydrogen-bond donors (Lipinski definition) is 0. The van der Waals surface area contributed by atoms with Gasteiger partial charge in [0.2, 0.25) is 0 Å². The van der Waals surface area contributed by atoms with Gasteiger partial charge in [-0.25, -0.2) is 9.64 Å². The van der Waals surface area contributed by atoms with Gasteiger partial charge in [0.15, 0.2) is 5.69 Å². The third-order valence-corrected chi connectivity index (χ3v) is 6.83. The molecule has 0 bridgehead atoms. The molecular weight excluding hydrogens is 460 g/mol. The molecule has 1 fully saturated rings. The molecule has 4 aromatic rings. The van der Waals surface area contributed by atoms with E-state index < -0.39 is 5.60 Å². The first-order chi connectivity index (χ1) is 17.7.